The standard InChI is InChI=1S/C13H14F3N3O/c14-13(15,16)12(20)7-1-4-11(18-6-7)19-8-2-3-10(19)9(17)5-8/h1,4,6,8-10H,2-3,5,17H2. The minimum Gasteiger partial charge on any atom is -0.349 e. The van der Waals surface area contributed by atoms with Gasteiger partial charge in [-0.1, -0.05) is 0 Å². The maximum atomic E-state index is 12.3. The summed E-state index contributed by atoms with van der Waals surface area (Å²) in [5.74, 6) is -1.26. The van der Waals surface area contributed by atoms with Crippen molar-refractivity contribution < 1.29 is 18.0 Å². The van der Waals surface area contributed by atoms with Gasteiger partial charge in [0.2, 0.25) is 0 Å². The molecule has 4 nitrogen and oxygen atoms in total. The molecular weight excluding hydrogens is 271 g/mol. The van der Waals surface area contributed by atoms with Crippen molar-refractivity contribution in [3.63, 3.8) is 0 Å². The van der Waals surface area contributed by atoms with E-state index < -0.39 is 17.5 Å². The third-order valence-electron chi connectivity index (χ3n) is 4.12. The van der Waals surface area contributed by atoms with Gasteiger partial charge in [-0.15, -0.1) is 0 Å². The molecular formula is C13H14F3N3O. The van der Waals surface area contributed by atoms with Crippen molar-refractivity contribution in [3.05, 3.63) is 23.9 Å². The molecule has 7 heteroatoms. The number of fused-ring (bicyclic) bond motifs is 2. The van der Waals surface area contributed by atoms with Crippen LogP contribution in [0.3, 0.4) is 0 Å². The van der Waals surface area contributed by atoms with Crippen LogP contribution in [0.5, 0.6) is 0 Å². The highest BCUT2D eigenvalue weighted by molar-refractivity contribution is 6.00. The van der Waals surface area contributed by atoms with E-state index in [2.05, 4.69) is 9.88 Å². The van der Waals surface area contributed by atoms with E-state index in [1.807, 2.05) is 0 Å². The second-order valence-corrected chi connectivity index (χ2v) is 5.34. The molecule has 1 aromatic heterocycles. The Hall–Kier alpha value is -1.63. The van der Waals surface area contributed by atoms with E-state index in [9.17, 15) is 18.0 Å². The number of aromatic nitrogens is 1. The molecule has 3 heterocycles. The van der Waals surface area contributed by atoms with Crippen molar-refractivity contribution in [1.29, 1.82) is 0 Å². The van der Waals surface area contributed by atoms with E-state index in [0.29, 0.717) is 11.9 Å². The lowest BCUT2D eigenvalue weighted by Gasteiger charge is -2.24. The molecule has 0 saturated carbocycles. The largest absolute Gasteiger partial charge is 0.454 e. The fraction of sp³-hybridized carbons (Fsp3) is 0.538. The summed E-state index contributed by atoms with van der Waals surface area (Å²) in [5.41, 5.74) is 5.58. The number of hydrogen-bond donors (Lipinski definition) is 1. The van der Waals surface area contributed by atoms with Gasteiger partial charge >= 0.3 is 6.18 Å². The zero-order valence-corrected chi connectivity index (χ0v) is 10.6. The molecule has 108 valence electrons. The summed E-state index contributed by atoms with van der Waals surface area (Å²) in [4.78, 5) is 17.2. The number of carbonyl (C=O) groups excluding carboxylic acids is 1. The number of pyridine rings is 1. The Bertz CT molecular complexity index is 529. The summed E-state index contributed by atoms with van der Waals surface area (Å²) in [7, 11) is 0. The second-order valence-electron chi connectivity index (χ2n) is 5.34. The minimum atomic E-state index is -4.86. The van der Waals surface area contributed by atoms with Crippen molar-refractivity contribution in [2.75, 3.05) is 4.90 Å². The average Bonchev–Trinajstić information content (AvgIpc) is 2.93. The molecule has 2 saturated heterocycles. The van der Waals surface area contributed by atoms with Crippen LogP contribution in [-0.4, -0.2) is 35.1 Å². The molecule has 2 aliphatic rings. The first-order valence-corrected chi connectivity index (χ1v) is 6.49. The molecule has 2 aliphatic heterocycles. The van der Waals surface area contributed by atoms with E-state index in [1.165, 1.54) is 12.1 Å². The number of halogens is 3. The topological polar surface area (TPSA) is 59.2 Å². The molecule has 2 bridgehead atoms. The van der Waals surface area contributed by atoms with Gasteiger partial charge in [-0.05, 0) is 31.4 Å². The van der Waals surface area contributed by atoms with Crippen LogP contribution in [0.1, 0.15) is 29.6 Å². The number of anilines is 1. The highest BCUT2D eigenvalue weighted by Gasteiger charge is 2.45. The van der Waals surface area contributed by atoms with Crippen LogP contribution in [0.15, 0.2) is 18.3 Å². The number of Topliss-reactive ketones (excluding diaryl/α,β-unsaturated/α-hetero) is 1. The SMILES string of the molecule is NC1CC2CCC1N2c1ccc(C(=O)C(F)(F)F)cn1. The summed E-state index contributed by atoms with van der Waals surface area (Å²) < 4.78 is 37.0. The molecule has 0 radical (unpaired) electrons. The molecule has 0 aromatic carbocycles. The van der Waals surface area contributed by atoms with Crippen LogP contribution in [0, 0.1) is 0 Å². The molecule has 0 spiro atoms. The van der Waals surface area contributed by atoms with Crippen molar-refractivity contribution in [3.8, 4) is 0 Å². The van der Waals surface area contributed by atoms with E-state index in [4.69, 9.17) is 5.73 Å². The van der Waals surface area contributed by atoms with Gasteiger partial charge in [-0.2, -0.15) is 13.2 Å². The highest BCUT2D eigenvalue weighted by Crippen LogP contribution is 2.39. The van der Waals surface area contributed by atoms with E-state index in [-0.39, 0.29) is 12.1 Å². The normalized spacial score (nSPS) is 29.0. The molecule has 2 N–H and O–H groups in total. The first-order valence-electron chi connectivity index (χ1n) is 6.49. The van der Waals surface area contributed by atoms with Crippen LogP contribution in [-0.2, 0) is 0 Å². The predicted molar refractivity (Wildman–Crippen MR) is 66.5 cm³/mol. The van der Waals surface area contributed by atoms with Gasteiger partial charge in [0, 0.05) is 29.9 Å². The number of nitrogens with two attached hydrogens (primary N) is 1. The monoisotopic (exact) mass is 285 g/mol. The number of ketones is 1. The maximum absolute atomic E-state index is 12.3. The average molecular weight is 285 g/mol. The Morgan fingerprint density at radius 2 is 2.10 bits per heavy atom. The number of hydrogen-bond acceptors (Lipinski definition) is 4. The van der Waals surface area contributed by atoms with Crippen LogP contribution in [0.4, 0.5) is 19.0 Å². The summed E-state index contributed by atoms with van der Waals surface area (Å²) in [6, 6.07) is 3.26. The Kier molecular flexibility index (Phi) is 2.97. The fourth-order valence-corrected chi connectivity index (χ4v) is 3.23. The fourth-order valence-electron chi connectivity index (χ4n) is 3.23. The maximum Gasteiger partial charge on any atom is 0.454 e. The molecule has 2 fully saturated rings. The van der Waals surface area contributed by atoms with E-state index in [0.717, 1.165) is 25.5 Å². The van der Waals surface area contributed by atoms with Gasteiger partial charge in [-0.3, -0.25) is 4.79 Å². The molecule has 3 unspecified atom stereocenters. The zero-order chi connectivity index (χ0) is 14.5. The number of carbonyl (C=O) groups is 1. The van der Waals surface area contributed by atoms with Crippen LogP contribution in [0.25, 0.3) is 0 Å². The molecule has 0 amide bonds. The zero-order valence-electron chi connectivity index (χ0n) is 10.6. The summed E-state index contributed by atoms with van der Waals surface area (Å²) in [6.45, 7) is 0. The van der Waals surface area contributed by atoms with Crippen molar-refractivity contribution in [1.82, 2.24) is 4.98 Å². The second kappa shape index (κ2) is 4.44. The van der Waals surface area contributed by atoms with Crippen LogP contribution < -0.4 is 10.6 Å². The van der Waals surface area contributed by atoms with Crippen LogP contribution >= 0.6 is 0 Å². The summed E-state index contributed by atoms with van der Waals surface area (Å²) in [6.07, 6.45) is -0.970. The summed E-state index contributed by atoms with van der Waals surface area (Å²) >= 11 is 0. The third kappa shape index (κ3) is 2.06. The van der Waals surface area contributed by atoms with Crippen molar-refractivity contribution >= 4 is 11.6 Å². The minimum absolute atomic E-state index is 0.0898. The Morgan fingerprint density at radius 3 is 2.55 bits per heavy atom. The lowest BCUT2D eigenvalue weighted by Crippen LogP contribution is -2.37. The number of nitrogens with zero attached hydrogens (tertiary/aromatic N) is 2. The molecule has 0 aliphatic carbocycles. The first kappa shape index (κ1) is 13.4. The first-order chi connectivity index (χ1) is 9.38. The van der Waals surface area contributed by atoms with Crippen LogP contribution in [0.2, 0.25) is 0 Å². The summed E-state index contributed by atoms with van der Waals surface area (Å²) in [5, 5.41) is 0. The molecule has 20 heavy (non-hydrogen) atoms. The highest BCUT2D eigenvalue weighted by atomic mass is 19.4. The lowest BCUT2D eigenvalue weighted by atomic mass is 9.97. The third-order valence-corrected chi connectivity index (χ3v) is 4.12. The van der Waals surface area contributed by atoms with E-state index in [1.54, 1.807) is 0 Å². The van der Waals surface area contributed by atoms with Gasteiger partial charge in [-0.25, -0.2) is 4.98 Å². The van der Waals surface area contributed by atoms with Gasteiger partial charge < -0.3 is 10.6 Å². The Balaban J connectivity index is 1.83. The van der Waals surface area contributed by atoms with Gasteiger partial charge in [0.25, 0.3) is 5.78 Å². The van der Waals surface area contributed by atoms with Crippen molar-refractivity contribution in [2.24, 2.45) is 5.73 Å². The number of alkyl halides is 3. The lowest BCUT2D eigenvalue weighted by molar-refractivity contribution is -0.0885. The Morgan fingerprint density at radius 1 is 1.35 bits per heavy atom. The Labute approximate surface area is 113 Å². The van der Waals surface area contributed by atoms with E-state index >= 15 is 0 Å². The smallest absolute Gasteiger partial charge is 0.349 e. The van der Waals surface area contributed by atoms with Gasteiger partial charge in [0.1, 0.15) is 5.82 Å². The van der Waals surface area contributed by atoms with Crippen molar-refractivity contribution in [2.45, 2.75) is 43.6 Å². The quantitative estimate of drug-likeness (QED) is 0.843. The molecule has 3 rings (SSSR count). The molecule has 1 aromatic rings. The number of rotatable bonds is 2. The van der Waals surface area contributed by atoms with Gasteiger partial charge in [0.15, 0.2) is 0 Å². The predicted octanol–water partition coefficient (Wildman–Crippen LogP) is 1.90. The molecule has 3 atom stereocenters. The van der Waals surface area contributed by atoms with Gasteiger partial charge in [0.05, 0.1) is 0 Å².